The smallest absolute Gasteiger partial charge is 0.254 e. The number of piperazine rings is 2. The van der Waals surface area contributed by atoms with E-state index in [2.05, 4.69) is 51.3 Å². The second-order valence-corrected chi connectivity index (χ2v) is 14.0. The Hall–Kier alpha value is -4.64. The van der Waals surface area contributed by atoms with Crippen LogP contribution in [0.1, 0.15) is 44.0 Å². The van der Waals surface area contributed by atoms with Crippen LogP contribution in [0, 0.1) is 22.7 Å². The van der Waals surface area contributed by atoms with Gasteiger partial charge in [0.25, 0.3) is 5.91 Å². The maximum atomic E-state index is 13.4. The largest absolute Gasteiger partial charge is 0.481 e. The molecule has 5 heterocycles. The van der Waals surface area contributed by atoms with Crippen molar-refractivity contribution in [2.24, 2.45) is 0 Å². The molecule has 3 aromatic heterocycles. The van der Waals surface area contributed by atoms with Crippen LogP contribution >= 0.6 is 74.4 Å². The quantitative estimate of drug-likeness (QED) is 0.152. The second kappa shape index (κ2) is 27.4. The molecule has 0 radical (unpaired) electrons. The minimum absolute atomic E-state index is 0. The first-order chi connectivity index (χ1) is 27.5. The van der Waals surface area contributed by atoms with Gasteiger partial charge in [-0.25, -0.2) is 15.0 Å². The standard InChI is InChI=1S/C27H26N6O2.C16H19N5.6ClH/c1-35-26-14-24(23-4-2-3-5-25(23)30-26)27(34)32-12-10-31(11-13-32)18-22-16-29-19-33(22)17-21-8-6-20(15-28)7-9-21;17-9-14-1-3-15(4-2-14)11-21-13-19-10-16(21)12-20-7-5-18-6-8-20;;;;;;/h2-9,14,16,19H,10-13,17-18H2,1H3;1-4,10,13,18H,5-8,11-12H2;6*1H. The molecular weight excluding hydrogens is 915 g/mol. The summed E-state index contributed by atoms with van der Waals surface area (Å²) in [7, 11) is 1.57. The van der Waals surface area contributed by atoms with Crippen LogP contribution in [0.3, 0.4) is 0 Å². The zero-order valence-corrected chi connectivity index (χ0v) is 38.9. The molecule has 0 bridgehead atoms. The number of rotatable bonds is 10. The van der Waals surface area contributed by atoms with Gasteiger partial charge in [0.15, 0.2) is 0 Å². The van der Waals surface area contributed by atoms with Crippen molar-refractivity contribution >= 4 is 91.3 Å². The number of fused-ring (bicyclic) bond motifs is 1. The third kappa shape index (κ3) is 14.5. The van der Waals surface area contributed by atoms with E-state index >= 15 is 0 Å². The van der Waals surface area contributed by atoms with Crippen LogP contribution in [0.2, 0.25) is 0 Å². The Labute approximate surface area is 399 Å². The van der Waals surface area contributed by atoms with E-state index in [-0.39, 0.29) is 80.3 Å². The van der Waals surface area contributed by atoms with E-state index in [1.54, 1.807) is 13.2 Å². The summed E-state index contributed by atoms with van der Waals surface area (Å²) < 4.78 is 9.65. The average molecular weight is 967 g/mol. The SMILES string of the molecule is COc1cc(C(=O)N2CCN(Cc3cncn3Cc3ccc(C#N)cc3)CC2)c2ccccc2n1.Cl.Cl.Cl.Cl.Cl.Cl.N#Cc1ccc(Cn2cncc2CN2CCNCC2)cc1. The monoisotopic (exact) mass is 963 g/mol. The number of aromatic nitrogens is 5. The number of para-hydroxylation sites is 1. The molecule has 2 fully saturated rings. The predicted molar refractivity (Wildman–Crippen MR) is 256 cm³/mol. The van der Waals surface area contributed by atoms with Gasteiger partial charge in [-0.15, -0.1) is 74.4 Å². The molecule has 0 atom stereocenters. The number of carbonyl (C=O) groups is 1. The predicted octanol–water partition coefficient (Wildman–Crippen LogP) is 7.06. The summed E-state index contributed by atoms with van der Waals surface area (Å²) in [6.45, 7) is 10.4. The topological polar surface area (TPSA) is 144 Å². The first-order valence-corrected chi connectivity index (χ1v) is 18.8. The number of hydrogen-bond acceptors (Lipinski definition) is 10. The van der Waals surface area contributed by atoms with Crippen LogP contribution in [0.5, 0.6) is 5.88 Å². The van der Waals surface area contributed by atoms with Crippen molar-refractivity contribution in [1.29, 1.82) is 10.5 Å². The van der Waals surface area contributed by atoms with E-state index < -0.39 is 0 Å². The molecule has 6 aromatic rings. The summed E-state index contributed by atoms with van der Waals surface area (Å²) in [5.74, 6) is 0.452. The number of hydrogen-bond donors (Lipinski definition) is 1. The van der Waals surface area contributed by atoms with Gasteiger partial charge in [0, 0.05) is 102 Å². The Morgan fingerprint density at radius 3 is 1.63 bits per heavy atom. The number of imidazole rings is 2. The van der Waals surface area contributed by atoms with Gasteiger partial charge >= 0.3 is 0 Å². The summed E-state index contributed by atoms with van der Waals surface area (Å²) in [5, 5.41) is 22.0. The average Bonchev–Trinajstić information content (AvgIpc) is 3.89. The number of pyridine rings is 1. The molecule has 62 heavy (non-hydrogen) atoms. The molecule has 13 nitrogen and oxygen atoms in total. The lowest BCUT2D eigenvalue weighted by Gasteiger charge is -2.35. The minimum atomic E-state index is 0. The van der Waals surface area contributed by atoms with Crippen LogP contribution in [0.25, 0.3) is 10.9 Å². The Morgan fingerprint density at radius 1 is 0.661 bits per heavy atom. The molecule has 2 aliphatic rings. The van der Waals surface area contributed by atoms with Crippen molar-refractivity contribution < 1.29 is 9.53 Å². The zero-order valence-electron chi connectivity index (χ0n) is 34.0. The molecule has 332 valence electrons. The molecular formula is C43H51Cl6N11O2. The number of ether oxygens (including phenoxy) is 1. The number of benzene rings is 3. The maximum absolute atomic E-state index is 13.4. The van der Waals surface area contributed by atoms with Crippen LogP contribution in [0.15, 0.2) is 104 Å². The van der Waals surface area contributed by atoms with Gasteiger partial charge in [-0.2, -0.15) is 10.5 Å². The molecule has 2 saturated heterocycles. The first-order valence-electron chi connectivity index (χ1n) is 18.8. The normalized spacial score (nSPS) is 13.3. The molecule has 19 heteroatoms. The molecule has 0 spiro atoms. The van der Waals surface area contributed by atoms with Crippen molar-refractivity contribution in [1.82, 2.24) is 44.1 Å². The zero-order chi connectivity index (χ0) is 38.7. The van der Waals surface area contributed by atoms with Crippen molar-refractivity contribution in [2.45, 2.75) is 26.2 Å². The van der Waals surface area contributed by atoms with Crippen LogP contribution in [0.4, 0.5) is 0 Å². The highest BCUT2D eigenvalue weighted by atomic mass is 35.5. The fourth-order valence-electron chi connectivity index (χ4n) is 7.05. The van der Waals surface area contributed by atoms with Crippen LogP contribution in [-0.4, -0.2) is 104 Å². The summed E-state index contributed by atoms with van der Waals surface area (Å²) in [4.78, 5) is 33.2. The third-order valence-electron chi connectivity index (χ3n) is 10.2. The van der Waals surface area contributed by atoms with E-state index in [4.69, 9.17) is 15.3 Å². The molecule has 0 saturated carbocycles. The van der Waals surface area contributed by atoms with Gasteiger partial charge in [0.1, 0.15) is 0 Å². The molecule has 3 aromatic carbocycles. The summed E-state index contributed by atoms with van der Waals surface area (Å²) in [6.07, 6.45) is 7.58. The lowest BCUT2D eigenvalue weighted by atomic mass is 10.1. The Morgan fingerprint density at radius 2 is 1.15 bits per heavy atom. The van der Waals surface area contributed by atoms with Gasteiger partial charge in [-0.05, 0) is 41.5 Å². The molecule has 0 aliphatic carbocycles. The lowest BCUT2D eigenvalue weighted by Crippen LogP contribution is -2.48. The van der Waals surface area contributed by atoms with Crippen LogP contribution < -0.4 is 10.1 Å². The number of methoxy groups -OCH3 is 1. The van der Waals surface area contributed by atoms with Gasteiger partial charge in [0.2, 0.25) is 5.88 Å². The van der Waals surface area contributed by atoms with E-state index in [9.17, 15) is 4.79 Å². The van der Waals surface area contributed by atoms with Gasteiger partial charge in [-0.1, -0.05) is 42.5 Å². The molecule has 8 rings (SSSR count). The fourth-order valence-corrected chi connectivity index (χ4v) is 7.05. The summed E-state index contributed by atoms with van der Waals surface area (Å²) in [6, 6.07) is 29.1. The fraction of sp³-hybridized carbons (Fsp3) is 0.302. The van der Waals surface area contributed by atoms with Gasteiger partial charge in [0.05, 0.1) is 65.5 Å². The van der Waals surface area contributed by atoms with E-state index in [1.165, 1.54) is 11.3 Å². The van der Waals surface area contributed by atoms with Crippen molar-refractivity contribution in [2.75, 3.05) is 59.5 Å². The number of carbonyl (C=O) groups excluding carboxylic acids is 1. The van der Waals surface area contributed by atoms with Crippen molar-refractivity contribution in [3.63, 3.8) is 0 Å². The molecule has 2 aliphatic heterocycles. The Balaban J connectivity index is 0.000000622. The molecule has 1 amide bonds. The number of nitriles is 2. The van der Waals surface area contributed by atoms with E-state index in [1.807, 2.05) is 103 Å². The van der Waals surface area contributed by atoms with Crippen LogP contribution in [-0.2, 0) is 26.2 Å². The number of nitrogens with zero attached hydrogens (tertiary/aromatic N) is 10. The van der Waals surface area contributed by atoms with E-state index in [0.717, 1.165) is 81.1 Å². The minimum Gasteiger partial charge on any atom is -0.481 e. The van der Waals surface area contributed by atoms with Gasteiger partial charge in [-0.3, -0.25) is 14.6 Å². The second-order valence-electron chi connectivity index (χ2n) is 14.0. The van der Waals surface area contributed by atoms with Gasteiger partial charge < -0.3 is 24.1 Å². The first kappa shape index (κ1) is 55.4. The lowest BCUT2D eigenvalue weighted by molar-refractivity contribution is 0.0627. The Bertz CT molecular complexity index is 2330. The highest BCUT2D eigenvalue weighted by Gasteiger charge is 2.25. The number of amides is 1. The molecule has 0 unspecified atom stereocenters. The van der Waals surface area contributed by atoms with Crippen molar-refractivity contribution in [3.05, 3.63) is 143 Å². The maximum Gasteiger partial charge on any atom is 0.254 e. The summed E-state index contributed by atoms with van der Waals surface area (Å²) >= 11 is 0. The summed E-state index contributed by atoms with van der Waals surface area (Å²) in [5.41, 5.74) is 7.41. The van der Waals surface area contributed by atoms with Crippen molar-refractivity contribution in [3.8, 4) is 18.0 Å². The van der Waals surface area contributed by atoms with E-state index in [0.29, 0.717) is 42.2 Å². The number of nitrogens with one attached hydrogen (secondary N) is 1. The third-order valence-corrected chi connectivity index (χ3v) is 10.2. The highest BCUT2D eigenvalue weighted by Crippen LogP contribution is 2.24. The highest BCUT2D eigenvalue weighted by molar-refractivity contribution is 6.06. The number of halogens is 6. The Kier molecular flexibility index (Phi) is 24.5. The molecule has 1 N–H and O–H groups in total.